The molecule has 2 heterocycles. The van der Waals surface area contributed by atoms with Crippen LogP contribution in [0.15, 0.2) is 34.7 Å². The van der Waals surface area contributed by atoms with E-state index in [0.29, 0.717) is 24.5 Å². The fourth-order valence-electron chi connectivity index (χ4n) is 2.97. The number of hydrogen-bond acceptors (Lipinski definition) is 5. The normalized spacial score (nSPS) is 18.0. The minimum Gasteiger partial charge on any atom is -0.407 e. The maximum atomic E-state index is 5.63. The van der Waals surface area contributed by atoms with Crippen LogP contribution in [0.2, 0.25) is 0 Å². The molecule has 6 heteroatoms. The van der Waals surface area contributed by atoms with E-state index in [4.69, 9.17) is 10.2 Å². The second-order valence-corrected chi connectivity index (χ2v) is 5.55. The Morgan fingerprint density at radius 1 is 1.18 bits per heavy atom. The lowest BCUT2D eigenvalue weighted by Gasteiger charge is -2.34. The third-order valence-electron chi connectivity index (χ3n) is 4.11. The molecule has 1 aliphatic rings. The van der Waals surface area contributed by atoms with Gasteiger partial charge in [0.15, 0.2) is 0 Å². The van der Waals surface area contributed by atoms with Crippen molar-refractivity contribution in [3.63, 3.8) is 0 Å². The highest BCUT2D eigenvalue weighted by atomic mass is 35.5. The first-order valence-corrected chi connectivity index (χ1v) is 7.70. The van der Waals surface area contributed by atoms with Gasteiger partial charge in [-0.15, -0.1) is 17.5 Å². The van der Waals surface area contributed by atoms with Crippen molar-refractivity contribution in [3.8, 4) is 0 Å². The van der Waals surface area contributed by atoms with Crippen molar-refractivity contribution in [2.24, 2.45) is 5.73 Å². The van der Waals surface area contributed by atoms with Crippen LogP contribution in [0, 0.1) is 0 Å². The van der Waals surface area contributed by atoms with Gasteiger partial charge >= 0.3 is 6.01 Å². The molecule has 1 unspecified atom stereocenters. The Kier molecular flexibility index (Phi) is 6.21. The van der Waals surface area contributed by atoms with E-state index in [0.717, 1.165) is 19.4 Å². The minimum atomic E-state index is 0. The van der Waals surface area contributed by atoms with Crippen LogP contribution in [0.3, 0.4) is 0 Å². The van der Waals surface area contributed by atoms with Gasteiger partial charge in [0.25, 0.3) is 0 Å². The molecule has 1 atom stereocenters. The molecule has 120 valence electrons. The van der Waals surface area contributed by atoms with E-state index in [9.17, 15) is 0 Å². The summed E-state index contributed by atoms with van der Waals surface area (Å²) in [5.41, 5.74) is 6.93. The molecular formula is C16H23ClN4O. The van der Waals surface area contributed by atoms with Crippen LogP contribution in [0.1, 0.15) is 37.1 Å². The third kappa shape index (κ3) is 3.99. The highest BCUT2D eigenvalue weighted by Gasteiger charge is 2.26. The molecule has 1 aromatic carbocycles. The van der Waals surface area contributed by atoms with Crippen LogP contribution in [-0.4, -0.2) is 22.8 Å². The first-order valence-electron chi connectivity index (χ1n) is 7.70. The number of aromatic nitrogens is 2. The Hall–Kier alpha value is -1.59. The van der Waals surface area contributed by atoms with Crippen molar-refractivity contribution < 1.29 is 4.42 Å². The fraction of sp³-hybridized carbons (Fsp3) is 0.500. The zero-order valence-electron chi connectivity index (χ0n) is 12.6. The molecule has 0 bridgehead atoms. The summed E-state index contributed by atoms with van der Waals surface area (Å²) in [4.78, 5) is 2.26. The molecule has 1 fully saturated rings. The predicted octanol–water partition coefficient (Wildman–Crippen LogP) is 2.94. The van der Waals surface area contributed by atoms with Crippen LogP contribution in [0.5, 0.6) is 0 Å². The van der Waals surface area contributed by atoms with Crippen molar-refractivity contribution in [1.29, 1.82) is 0 Å². The largest absolute Gasteiger partial charge is 0.407 e. The Balaban J connectivity index is 0.00000176. The molecule has 0 spiro atoms. The van der Waals surface area contributed by atoms with Gasteiger partial charge in [-0.25, -0.2) is 0 Å². The summed E-state index contributed by atoms with van der Waals surface area (Å²) < 4.78 is 5.63. The molecule has 2 aromatic rings. The second-order valence-electron chi connectivity index (χ2n) is 5.55. The van der Waals surface area contributed by atoms with Crippen molar-refractivity contribution in [2.45, 2.75) is 44.7 Å². The number of halogens is 1. The van der Waals surface area contributed by atoms with E-state index >= 15 is 0 Å². The molecule has 5 nitrogen and oxygen atoms in total. The monoisotopic (exact) mass is 322 g/mol. The summed E-state index contributed by atoms with van der Waals surface area (Å²) in [6.45, 7) is 1.29. The first kappa shape index (κ1) is 16.8. The Bertz CT molecular complexity index is 560. The first-order chi connectivity index (χ1) is 10.4. The SMILES string of the molecule is Cl.NCc1nnc(N2CCCCC2CCc2ccccc2)o1. The van der Waals surface area contributed by atoms with E-state index < -0.39 is 0 Å². The molecular weight excluding hydrogens is 300 g/mol. The molecule has 22 heavy (non-hydrogen) atoms. The van der Waals surface area contributed by atoms with Gasteiger partial charge < -0.3 is 15.1 Å². The lowest BCUT2D eigenvalue weighted by Crippen LogP contribution is -2.40. The van der Waals surface area contributed by atoms with Crippen LogP contribution in [0.25, 0.3) is 0 Å². The summed E-state index contributed by atoms with van der Waals surface area (Å²) >= 11 is 0. The van der Waals surface area contributed by atoms with Gasteiger partial charge in [0, 0.05) is 12.6 Å². The molecule has 0 saturated carbocycles. The molecule has 1 saturated heterocycles. The molecule has 1 aliphatic heterocycles. The Morgan fingerprint density at radius 3 is 2.73 bits per heavy atom. The zero-order chi connectivity index (χ0) is 14.5. The van der Waals surface area contributed by atoms with Crippen LogP contribution < -0.4 is 10.6 Å². The molecule has 3 rings (SSSR count). The number of benzene rings is 1. The van der Waals surface area contributed by atoms with Gasteiger partial charge in [0.1, 0.15) is 0 Å². The van der Waals surface area contributed by atoms with Crippen LogP contribution >= 0.6 is 12.4 Å². The Morgan fingerprint density at radius 2 is 2.00 bits per heavy atom. The van der Waals surface area contributed by atoms with Gasteiger partial charge in [-0.1, -0.05) is 35.4 Å². The Labute approximate surface area is 137 Å². The van der Waals surface area contributed by atoms with Gasteiger partial charge in [-0.2, -0.15) is 0 Å². The number of rotatable bonds is 5. The lowest BCUT2D eigenvalue weighted by atomic mass is 9.96. The molecule has 0 amide bonds. The van der Waals surface area contributed by atoms with E-state index in [-0.39, 0.29) is 12.4 Å². The van der Waals surface area contributed by atoms with Gasteiger partial charge in [0.05, 0.1) is 6.54 Å². The molecule has 0 aliphatic carbocycles. The van der Waals surface area contributed by atoms with E-state index in [1.807, 2.05) is 0 Å². The minimum absolute atomic E-state index is 0. The highest BCUT2D eigenvalue weighted by Crippen LogP contribution is 2.26. The predicted molar refractivity (Wildman–Crippen MR) is 89.2 cm³/mol. The summed E-state index contributed by atoms with van der Waals surface area (Å²) in [6, 6.07) is 11.7. The smallest absolute Gasteiger partial charge is 0.318 e. The molecule has 2 N–H and O–H groups in total. The number of nitrogens with zero attached hydrogens (tertiary/aromatic N) is 3. The topological polar surface area (TPSA) is 68.2 Å². The third-order valence-corrected chi connectivity index (χ3v) is 4.11. The maximum absolute atomic E-state index is 5.63. The van der Waals surface area contributed by atoms with Crippen molar-refractivity contribution in [1.82, 2.24) is 10.2 Å². The number of nitrogens with two attached hydrogens (primary N) is 1. The number of anilines is 1. The lowest BCUT2D eigenvalue weighted by molar-refractivity contribution is 0.393. The van der Waals surface area contributed by atoms with E-state index in [1.54, 1.807) is 0 Å². The average Bonchev–Trinajstić information content (AvgIpc) is 3.03. The highest BCUT2D eigenvalue weighted by molar-refractivity contribution is 5.85. The van der Waals surface area contributed by atoms with Crippen LogP contribution in [-0.2, 0) is 13.0 Å². The number of aryl methyl sites for hydroxylation is 1. The molecule has 1 aromatic heterocycles. The number of piperidine rings is 1. The van der Waals surface area contributed by atoms with E-state index in [1.165, 1.54) is 24.8 Å². The van der Waals surface area contributed by atoms with Gasteiger partial charge in [-0.3, -0.25) is 0 Å². The second kappa shape index (κ2) is 8.15. The fourth-order valence-corrected chi connectivity index (χ4v) is 2.97. The average molecular weight is 323 g/mol. The summed E-state index contributed by atoms with van der Waals surface area (Å²) in [5, 5.41) is 8.12. The summed E-state index contributed by atoms with van der Waals surface area (Å²) in [7, 11) is 0. The van der Waals surface area contributed by atoms with Crippen molar-refractivity contribution in [3.05, 3.63) is 41.8 Å². The van der Waals surface area contributed by atoms with Gasteiger partial charge in [-0.05, 0) is 37.7 Å². The quantitative estimate of drug-likeness (QED) is 0.916. The van der Waals surface area contributed by atoms with Crippen LogP contribution in [0.4, 0.5) is 6.01 Å². The van der Waals surface area contributed by atoms with Crippen molar-refractivity contribution in [2.75, 3.05) is 11.4 Å². The molecule has 0 radical (unpaired) electrons. The zero-order valence-corrected chi connectivity index (χ0v) is 13.5. The summed E-state index contributed by atoms with van der Waals surface area (Å²) in [6.07, 6.45) is 5.84. The maximum Gasteiger partial charge on any atom is 0.318 e. The summed E-state index contributed by atoms with van der Waals surface area (Å²) in [5.74, 6) is 0.511. The van der Waals surface area contributed by atoms with Crippen molar-refractivity contribution >= 4 is 18.4 Å². The standard InChI is InChI=1S/C16H22N4O.ClH/c17-12-15-18-19-16(21-15)20-11-5-4-8-14(20)10-9-13-6-2-1-3-7-13;/h1-3,6-7,14H,4-5,8-12,17H2;1H. The van der Waals surface area contributed by atoms with Gasteiger partial charge in [0.2, 0.25) is 5.89 Å². The number of hydrogen-bond donors (Lipinski definition) is 1. The van der Waals surface area contributed by atoms with E-state index in [2.05, 4.69) is 45.4 Å².